The van der Waals surface area contributed by atoms with E-state index in [4.69, 9.17) is 0 Å². The summed E-state index contributed by atoms with van der Waals surface area (Å²) in [5.74, 6) is -3.46. The Kier molecular flexibility index (Phi) is 9.57. The van der Waals surface area contributed by atoms with Crippen molar-refractivity contribution in [3.05, 3.63) is 64.1 Å². The van der Waals surface area contributed by atoms with E-state index >= 15 is 0 Å². The Labute approximate surface area is 207 Å². The summed E-state index contributed by atoms with van der Waals surface area (Å²) in [6, 6.07) is 8.66. The highest BCUT2D eigenvalue weighted by Gasteiger charge is 2.30. The highest BCUT2D eigenvalue weighted by atomic mass is 79.9. The molecule has 11 heteroatoms. The standard InChI is InChI=1S/C23H28BrF2N3O4S/c1-5-15(2)27-23(31)16(3)28(13-17-7-6-8-18(24)11-17)22(30)14-29(34(4,32)33)19-9-10-20(25)21(26)12-19/h6-12,15-16H,5,13-14H2,1-4H3,(H,27,31)/t15-,16+/m1/s1. The lowest BCUT2D eigenvalue weighted by Crippen LogP contribution is -2.52. The fourth-order valence-corrected chi connectivity index (χ4v) is 4.42. The highest BCUT2D eigenvalue weighted by Crippen LogP contribution is 2.22. The average Bonchev–Trinajstić information content (AvgIpc) is 2.76. The van der Waals surface area contributed by atoms with Gasteiger partial charge in [0, 0.05) is 23.1 Å². The molecule has 1 N–H and O–H groups in total. The molecule has 2 atom stereocenters. The monoisotopic (exact) mass is 559 g/mol. The average molecular weight is 560 g/mol. The van der Waals surface area contributed by atoms with Gasteiger partial charge in [-0.1, -0.05) is 35.0 Å². The maximum Gasteiger partial charge on any atom is 0.244 e. The van der Waals surface area contributed by atoms with E-state index in [1.54, 1.807) is 25.1 Å². The summed E-state index contributed by atoms with van der Waals surface area (Å²) in [6.07, 6.45) is 1.55. The van der Waals surface area contributed by atoms with Crippen LogP contribution in [0.25, 0.3) is 0 Å². The van der Waals surface area contributed by atoms with Gasteiger partial charge in [0.15, 0.2) is 11.6 Å². The molecule has 0 saturated carbocycles. The molecule has 7 nitrogen and oxygen atoms in total. The second-order valence-electron chi connectivity index (χ2n) is 8.01. The fourth-order valence-electron chi connectivity index (χ4n) is 3.13. The molecule has 0 saturated heterocycles. The van der Waals surface area contributed by atoms with Crippen molar-refractivity contribution in [3.63, 3.8) is 0 Å². The smallest absolute Gasteiger partial charge is 0.244 e. The number of amides is 2. The zero-order valence-electron chi connectivity index (χ0n) is 19.4. The van der Waals surface area contributed by atoms with Crippen LogP contribution in [0, 0.1) is 11.6 Å². The number of carbonyl (C=O) groups excluding carboxylic acids is 2. The number of hydrogen-bond acceptors (Lipinski definition) is 4. The molecule has 0 spiro atoms. The van der Waals surface area contributed by atoms with Crippen LogP contribution in [-0.2, 0) is 26.2 Å². The minimum absolute atomic E-state index is 0.0305. The van der Waals surface area contributed by atoms with Crippen molar-refractivity contribution in [3.8, 4) is 0 Å². The second kappa shape index (κ2) is 11.7. The van der Waals surface area contributed by atoms with E-state index in [0.717, 1.165) is 22.9 Å². The maximum absolute atomic E-state index is 13.8. The Bertz CT molecular complexity index is 1150. The number of rotatable bonds is 10. The molecule has 0 aromatic heterocycles. The number of anilines is 1. The molecule has 0 radical (unpaired) electrons. The second-order valence-corrected chi connectivity index (χ2v) is 10.8. The van der Waals surface area contributed by atoms with Gasteiger partial charge in [-0.3, -0.25) is 13.9 Å². The molecule has 0 aliphatic carbocycles. The Hall–Kier alpha value is -2.53. The van der Waals surface area contributed by atoms with Gasteiger partial charge in [0.2, 0.25) is 21.8 Å². The Morgan fingerprint density at radius 2 is 1.76 bits per heavy atom. The topological polar surface area (TPSA) is 86.8 Å². The van der Waals surface area contributed by atoms with Crippen LogP contribution in [0.2, 0.25) is 0 Å². The van der Waals surface area contributed by atoms with E-state index in [-0.39, 0.29) is 18.3 Å². The Morgan fingerprint density at radius 3 is 2.32 bits per heavy atom. The molecule has 2 aromatic carbocycles. The molecule has 0 heterocycles. The van der Waals surface area contributed by atoms with Crippen LogP contribution < -0.4 is 9.62 Å². The lowest BCUT2D eigenvalue weighted by Gasteiger charge is -2.32. The summed E-state index contributed by atoms with van der Waals surface area (Å²) in [6.45, 7) is 4.63. The summed E-state index contributed by atoms with van der Waals surface area (Å²) in [5, 5.41) is 2.83. The highest BCUT2D eigenvalue weighted by molar-refractivity contribution is 9.10. The molecule has 34 heavy (non-hydrogen) atoms. The van der Waals surface area contributed by atoms with Gasteiger partial charge in [0.25, 0.3) is 0 Å². The molecule has 0 unspecified atom stereocenters. The summed E-state index contributed by atoms with van der Waals surface area (Å²) >= 11 is 3.37. The number of hydrogen-bond donors (Lipinski definition) is 1. The van der Waals surface area contributed by atoms with Gasteiger partial charge < -0.3 is 10.2 Å². The van der Waals surface area contributed by atoms with Crippen molar-refractivity contribution in [2.75, 3.05) is 17.1 Å². The first-order valence-corrected chi connectivity index (χ1v) is 13.2. The zero-order chi connectivity index (χ0) is 25.6. The van der Waals surface area contributed by atoms with Gasteiger partial charge in [-0.2, -0.15) is 0 Å². The zero-order valence-corrected chi connectivity index (χ0v) is 21.8. The van der Waals surface area contributed by atoms with E-state index in [1.807, 2.05) is 19.9 Å². The molecule has 0 fully saturated rings. The number of carbonyl (C=O) groups is 2. The quantitative estimate of drug-likeness (QED) is 0.479. The van der Waals surface area contributed by atoms with Crippen LogP contribution in [0.3, 0.4) is 0 Å². The molecule has 2 aromatic rings. The van der Waals surface area contributed by atoms with Crippen LogP contribution in [0.5, 0.6) is 0 Å². The fraction of sp³-hybridized carbons (Fsp3) is 0.391. The lowest BCUT2D eigenvalue weighted by atomic mass is 10.1. The molecule has 186 valence electrons. The molecule has 0 aliphatic rings. The SMILES string of the molecule is CC[C@@H](C)NC(=O)[C@H](C)N(Cc1cccc(Br)c1)C(=O)CN(c1ccc(F)c(F)c1)S(C)(=O)=O. The first kappa shape index (κ1) is 27.7. The van der Waals surface area contributed by atoms with E-state index in [0.29, 0.717) is 22.4 Å². The van der Waals surface area contributed by atoms with Crippen LogP contribution in [0.4, 0.5) is 14.5 Å². The number of benzene rings is 2. The minimum atomic E-state index is -4.04. The molecular formula is C23H28BrF2N3O4S. The number of halogens is 3. The Morgan fingerprint density at radius 1 is 1.09 bits per heavy atom. The third-order valence-corrected chi connectivity index (χ3v) is 6.91. The van der Waals surface area contributed by atoms with Gasteiger partial charge in [0.1, 0.15) is 12.6 Å². The van der Waals surface area contributed by atoms with Crippen molar-refractivity contribution in [2.24, 2.45) is 0 Å². The van der Waals surface area contributed by atoms with Gasteiger partial charge in [0.05, 0.1) is 11.9 Å². The molecule has 2 amide bonds. The number of nitrogens with zero attached hydrogens (tertiary/aromatic N) is 2. The summed E-state index contributed by atoms with van der Waals surface area (Å²) in [4.78, 5) is 27.5. The van der Waals surface area contributed by atoms with Crippen molar-refractivity contribution in [1.82, 2.24) is 10.2 Å². The summed E-state index contributed by atoms with van der Waals surface area (Å²) in [7, 11) is -4.04. The van der Waals surface area contributed by atoms with E-state index < -0.39 is 46.1 Å². The Balaban J connectivity index is 2.41. The van der Waals surface area contributed by atoms with Crippen molar-refractivity contribution in [1.29, 1.82) is 0 Å². The summed E-state index contributed by atoms with van der Waals surface area (Å²) < 4.78 is 53.5. The first-order chi connectivity index (χ1) is 15.8. The normalized spacial score (nSPS) is 13.1. The number of sulfonamides is 1. The predicted octanol–water partition coefficient (Wildman–Crippen LogP) is 3.83. The largest absolute Gasteiger partial charge is 0.352 e. The lowest BCUT2D eigenvalue weighted by molar-refractivity contribution is -0.139. The summed E-state index contributed by atoms with van der Waals surface area (Å²) in [5.41, 5.74) is 0.513. The van der Waals surface area contributed by atoms with Crippen molar-refractivity contribution < 1.29 is 26.8 Å². The van der Waals surface area contributed by atoms with Gasteiger partial charge in [-0.15, -0.1) is 0 Å². The van der Waals surface area contributed by atoms with Crippen LogP contribution in [0.15, 0.2) is 46.9 Å². The van der Waals surface area contributed by atoms with E-state index in [9.17, 15) is 26.8 Å². The van der Waals surface area contributed by atoms with Crippen LogP contribution >= 0.6 is 15.9 Å². The van der Waals surface area contributed by atoms with E-state index in [2.05, 4.69) is 21.2 Å². The van der Waals surface area contributed by atoms with Crippen molar-refractivity contribution in [2.45, 2.75) is 45.8 Å². The predicted molar refractivity (Wildman–Crippen MR) is 131 cm³/mol. The van der Waals surface area contributed by atoms with Gasteiger partial charge in [-0.05, 0) is 50.1 Å². The maximum atomic E-state index is 13.8. The first-order valence-electron chi connectivity index (χ1n) is 10.6. The number of nitrogens with one attached hydrogen (secondary N) is 1. The van der Waals surface area contributed by atoms with Crippen molar-refractivity contribution >= 4 is 43.5 Å². The third kappa shape index (κ3) is 7.49. The van der Waals surface area contributed by atoms with Crippen LogP contribution in [-0.4, -0.2) is 50.0 Å². The third-order valence-electron chi connectivity index (χ3n) is 5.28. The van der Waals surface area contributed by atoms with Crippen LogP contribution in [0.1, 0.15) is 32.8 Å². The molecule has 2 rings (SSSR count). The molecule has 0 bridgehead atoms. The molecule has 0 aliphatic heterocycles. The van der Waals surface area contributed by atoms with E-state index in [1.165, 1.54) is 4.90 Å². The minimum Gasteiger partial charge on any atom is -0.352 e. The molecular weight excluding hydrogens is 532 g/mol. The van der Waals surface area contributed by atoms with Gasteiger partial charge in [-0.25, -0.2) is 17.2 Å². The van der Waals surface area contributed by atoms with Gasteiger partial charge >= 0.3 is 0 Å².